The van der Waals surface area contributed by atoms with E-state index in [0.717, 1.165) is 5.69 Å². The van der Waals surface area contributed by atoms with Crippen LogP contribution >= 0.6 is 23.2 Å². The van der Waals surface area contributed by atoms with Crippen molar-refractivity contribution in [2.75, 3.05) is 22.3 Å². The Bertz CT molecular complexity index is 887. The number of rotatable bonds is 10. The minimum absolute atomic E-state index is 0.0987. The van der Waals surface area contributed by atoms with Crippen LogP contribution in [0.5, 0.6) is 0 Å². The standard InChI is InChI=1S/C18H20Cl2N2O4S/c19-16-4-1-3-13(18(16)20)10-12-27(25,26)22-15-8-6-14(7-9-15)21-11-2-5-17(23)24/h1,3-4,6-9,21-22H,2,5,10-12H2,(H,23,24). The molecule has 0 heterocycles. The molecule has 0 saturated carbocycles. The molecular weight excluding hydrogens is 411 g/mol. The lowest BCUT2D eigenvalue weighted by Gasteiger charge is -2.11. The lowest BCUT2D eigenvalue weighted by atomic mass is 10.2. The molecule has 0 aliphatic rings. The van der Waals surface area contributed by atoms with Gasteiger partial charge in [0.05, 0.1) is 15.8 Å². The van der Waals surface area contributed by atoms with Crippen molar-refractivity contribution in [2.45, 2.75) is 19.3 Å². The molecule has 2 rings (SSSR count). The molecule has 0 radical (unpaired) electrons. The Balaban J connectivity index is 1.87. The lowest BCUT2D eigenvalue weighted by molar-refractivity contribution is -0.137. The summed E-state index contributed by atoms with van der Waals surface area (Å²) in [7, 11) is -3.54. The van der Waals surface area contributed by atoms with Crippen LogP contribution < -0.4 is 10.0 Å². The summed E-state index contributed by atoms with van der Waals surface area (Å²) in [4.78, 5) is 10.5. The minimum atomic E-state index is -3.54. The zero-order valence-electron chi connectivity index (χ0n) is 14.4. The van der Waals surface area contributed by atoms with Crippen molar-refractivity contribution in [3.63, 3.8) is 0 Å². The average Bonchev–Trinajstić information content (AvgIpc) is 2.61. The summed E-state index contributed by atoms with van der Waals surface area (Å²) in [5.41, 5.74) is 1.91. The van der Waals surface area contributed by atoms with Crippen LogP contribution in [0.25, 0.3) is 0 Å². The van der Waals surface area contributed by atoms with Crippen molar-refractivity contribution in [1.82, 2.24) is 0 Å². The quantitative estimate of drug-likeness (QED) is 0.489. The van der Waals surface area contributed by atoms with Gasteiger partial charge in [0.2, 0.25) is 10.0 Å². The van der Waals surface area contributed by atoms with Crippen molar-refractivity contribution in [3.8, 4) is 0 Å². The Morgan fingerprint density at radius 3 is 2.37 bits per heavy atom. The van der Waals surface area contributed by atoms with Gasteiger partial charge in [-0.1, -0.05) is 35.3 Å². The van der Waals surface area contributed by atoms with Crippen molar-refractivity contribution < 1.29 is 18.3 Å². The second-order valence-electron chi connectivity index (χ2n) is 5.89. The van der Waals surface area contributed by atoms with E-state index >= 15 is 0 Å². The van der Waals surface area contributed by atoms with E-state index in [1.165, 1.54) is 0 Å². The first-order valence-electron chi connectivity index (χ1n) is 8.26. The molecule has 0 amide bonds. The number of anilines is 2. The van der Waals surface area contributed by atoms with Crippen molar-refractivity contribution >= 4 is 50.6 Å². The minimum Gasteiger partial charge on any atom is -0.481 e. The number of sulfonamides is 1. The Morgan fingerprint density at radius 1 is 1.04 bits per heavy atom. The molecule has 0 saturated heterocycles. The van der Waals surface area contributed by atoms with Gasteiger partial charge in [-0.3, -0.25) is 9.52 Å². The molecule has 0 aliphatic heterocycles. The highest BCUT2D eigenvalue weighted by molar-refractivity contribution is 7.92. The normalized spacial score (nSPS) is 11.2. The summed E-state index contributed by atoms with van der Waals surface area (Å²) < 4.78 is 27.1. The van der Waals surface area contributed by atoms with E-state index in [9.17, 15) is 13.2 Å². The third kappa shape index (κ3) is 7.28. The van der Waals surface area contributed by atoms with Crippen LogP contribution in [0, 0.1) is 0 Å². The van der Waals surface area contributed by atoms with Gasteiger partial charge < -0.3 is 10.4 Å². The van der Waals surface area contributed by atoms with Crippen molar-refractivity contribution in [1.29, 1.82) is 0 Å². The second kappa shape index (κ2) is 9.82. The Hall–Kier alpha value is -1.96. The Labute approximate surface area is 168 Å². The van der Waals surface area contributed by atoms with Crippen LogP contribution in [-0.4, -0.2) is 31.8 Å². The van der Waals surface area contributed by atoms with E-state index in [1.54, 1.807) is 42.5 Å². The van der Waals surface area contributed by atoms with E-state index in [2.05, 4.69) is 10.0 Å². The van der Waals surface area contributed by atoms with Gasteiger partial charge in [0, 0.05) is 24.3 Å². The highest BCUT2D eigenvalue weighted by Gasteiger charge is 2.13. The number of hydrogen-bond donors (Lipinski definition) is 3. The fraction of sp³-hybridized carbons (Fsp3) is 0.278. The van der Waals surface area contributed by atoms with Gasteiger partial charge in [0.1, 0.15) is 0 Å². The van der Waals surface area contributed by atoms with Crippen LogP contribution in [0.3, 0.4) is 0 Å². The maximum Gasteiger partial charge on any atom is 0.303 e. The highest BCUT2D eigenvalue weighted by Crippen LogP contribution is 2.26. The predicted octanol–water partition coefficient (Wildman–Crippen LogP) is 4.25. The molecule has 0 bridgehead atoms. The number of carbonyl (C=O) groups is 1. The molecule has 146 valence electrons. The summed E-state index contributed by atoms with van der Waals surface area (Å²) in [6, 6.07) is 11.9. The molecule has 0 fully saturated rings. The van der Waals surface area contributed by atoms with Gasteiger partial charge in [-0.2, -0.15) is 0 Å². The number of carboxylic acids is 1. The third-order valence-corrected chi connectivity index (χ3v) is 5.87. The molecule has 2 aromatic carbocycles. The van der Waals surface area contributed by atoms with Gasteiger partial charge in [0.25, 0.3) is 0 Å². The van der Waals surface area contributed by atoms with Crippen LogP contribution in [0.4, 0.5) is 11.4 Å². The fourth-order valence-corrected chi connectivity index (χ4v) is 3.85. The maximum absolute atomic E-state index is 12.3. The molecule has 0 unspecified atom stereocenters. The van der Waals surface area contributed by atoms with Crippen LogP contribution in [-0.2, 0) is 21.2 Å². The molecule has 0 aromatic heterocycles. The molecule has 6 nitrogen and oxygen atoms in total. The van der Waals surface area contributed by atoms with Gasteiger partial charge in [0.15, 0.2) is 0 Å². The monoisotopic (exact) mass is 430 g/mol. The van der Waals surface area contributed by atoms with E-state index in [0.29, 0.717) is 34.3 Å². The third-order valence-electron chi connectivity index (χ3n) is 3.73. The molecular formula is C18H20Cl2N2O4S. The van der Waals surface area contributed by atoms with Gasteiger partial charge >= 0.3 is 5.97 Å². The summed E-state index contributed by atoms with van der Waals surface area (Å²) >= 11 is 12.0. The zero-order chi connectivity index (χ0) is 19.9. The fourth-order valence-electron chi connectivity index (χ4n) is 2.34. The Morgan fingerprint density at radius 2 is 1.70 bits per heavy atom. The summed E-state index contributed by atoms with van der Waals surface area (Å²) in [5, 5.41) is 12.4. The summed E-state index contributed by atoms with van der Waals surface area (Å²) in [5.74, 6) is -0.956. The predicted molar refractivity (Wildman–Crippen MR) is 109 cm³/mol. The van der Waals surface area contributed by atoms with E-state index < -0.39 is 16.0 Å². The van der Waals surface area contributed by atoms with E-state index in [-0.39, 0.29) is 18.6 Å². The van der Waals surface area contributed by atoms with E-state index in [1.807, 2.05) is 0 Å². The number of nitrogens with one attached hydrogen (secondary N) is 2. The van der Waals surface area contributed by atoms with Crippen LogP contribution in [0.15, 0.2) is 42.5 Å². The number of aliphatic carboxylic acids is 1. The molecule has 9 heteroatoms. The number of carboxylic acid groups (broad SMARTS) is 1. The van der Waals surface area contributed by atoms with Gasteiger partial charge in [-0.25, -0.2) is 8.42 Å². The van der Waals surface area contributed by atoms with Gasteiger partial charge in [-0.05, 0) is 48.7 Å². The molecule has 0 aliphatic carbocycles. The number of halogens is 2. The first-order chi connectivity index (χ1) is 12.8. The molecule has 2 aromatic rings. The molecule has 0 spiro atoms. The Kier molecular flexibility index (Phi) is 7.77. The maximum atomic E-state index is 12.3. The topological polar surface area (TPSA) is 95.5 Å². The lowest BCUT2D eigenvalue weighted by Crippen LogP contribution is -2.18. The molecule has 3 N–H and O–H groups in total. The van der Waals surface area contributed by atoms with Crippen LogP contribution in [0.2, 0.25) is 10.0 Å². The summed E-state index contributed by atoms with van der Waals surface area (Å²) in [6.45, 7) is 0.526. The first-order valence-corrected chi connectivity index (χ1v) is 10.7. The van der Waals surface area contributed by atoms with E-state index in [4.69, 9.17) is 28.3 Å². The largest absolute Gasteiger partial charge is 0.481 e. The summed E-state index contributed by atoms with van der Waals surface area (Å²) in [6.07, 6.45) is 0.856. The zero-order valence-corrected chi connectivity index (χ0v) is 16.7. The SMILES string of the molecule is O=C(O)CCCNc1ccc(NS(=O)(=O)CCc2cccc(Cl)c2Cl)cc1. The average molecular weight is 431 g/mol. The first kappa shape index (κ1) is 21.3. The van der Waals surface area contributed by atoms with Crippen molar-refractivity contribution in [3.05, 3.63) is 58.1 Å². The van der Waals surface area contributed by atoms with Crippen molar-refractivity contribution in [2.24, 2.45) is 0 Å². The number of hydrogen-bond acceptors (Lipinski definition) is 4. The second-order valence-corrected chi connectivity index (χ2v) is 8.51. The van der Waals surface area contributed by atoms with Crippen LogP contribution in [0.1, 0.15) is 18.4 Å². The van der Waals surface area contributed by atoms with Gasteiger partial charge in [-0.15, -0.1) is 0 Å². The smallest absolute Gasteiger partial charge is 0.303 e. The number of aryl methyl sites for hydroxylation is 1. The number of benzene rings is 2. The molecule has 0 atom stereocenters. The molecule has 27 heavy (non-hydrogen) atoms. The highest BCUT2D eigenvalue weighted by atomic mass is 35.5.